The first-order valence-electron chi connectivity index (χ1n) is 12.6. The molecule has 0 amide bonds. The maximum atomic E-state index is 10.3. The monoisotopic (exact) mass is 395 g/mol. The van der Waals surface area contributed by atoms with Gasteiger partial charge in [-0.25, -0.2) is 0 Å². The SMILES string of the molecule is C=C1C2CCC(C)CN2C2CC3C4CC=C5CC(O)CCC5(C)C4CCC3(C)C12. The quantitative estimate of drug-likeness (QED) is 0.542. The molecule has 0 radical (unpaired) electrons. The van der Waals surface area contributed by atoms with E-state index >= 15 is 0 Å². The summed E-state index contributed by atoms with van der Waals surface area (Å²) in [6, 6.07) is 1.46. The van der Waals surface area contributed by atoms with Gasteiger partial charge in [0, 0.05) is 24.5 Å². The Hall–Kier alpha value is -0.600. The summed E-state index contributed by atoms with van der Waals surface area (Å²) in [5, 5.41) is 10.3. The highest BCUT2D eigenvalue weighted by Crippen LogP contribution is 2.69. The van der Waals surface area contributed by atoms with Gasteiger partial charge in [-0.15, -0.1) is 0 Å². The van der Waals surface area contributed by atoms with E-state index in [-0.39, 0.29) is 6.10 Å². The molecule has 2 aliphatic heterocycles. The highest BCUT2D eigenvalue weighted by atomic mass is 16.3. The number of piperidine rings is 1. The third-order valence-electron chi connectivity index (χ3n) is 11.2. The molecule has 6 aliphatic rings. The molecule has 0 spiro atoms. The molecule has 1 N–H and O–H groups in total. The van der Waals surface area contributed by atoms with Crippen LogP contribution in [0.15, 0.2) is 23.8 Å². The Bertz CT molecular complexity index is 756. The van der Waals surface area contributed by atoms with E-state index in [4.69, 9.17) is 6.58 Å². The van der Waals surface area contributed by atoms with Crippen LogP contribution in [0.3, 0.4) is 0 Å². The van der Waals surface area contributed by atoms with Crippen LogP contribution in [-0.2, 0) is 0 Å². The maximum absolute atomic E-state index is 10.3. The van der Waals surface area contributed by atoms with Gasteiger partial charge in [0.05, 0.1) is 6.10 Å². The third kappa shape index (κ3) is 2.42. The lowest BCUT2D eigenvalue weighted by molar-refractivity contribution is -0.0456. The molecule has 2 heterocycles. The number of rotatable bonds is 0. The van der Waals surface area contributed by atoms with Gasteiger partial charge in [-0.2, -0.15) is 0 Å². The summed E-state index contributed by atoms with van der Waals surface area (Å²) in [6.07, 6.45) is 13.9. The van der Waals surface area contributed by atoms with Crippen molar-refractivity contribution >= 4 is 0 Å². The molecular weight excluding hydrogens is 354 g/mol. The average Bonchev–Trinajstić information content (AvgIpc) is 3.15. The van der Waals surface area contributed by atoms with Crippen molar-refractivity contribution in [2.24, 2.45) is 40.4 Å². The van der Waals surface area contributed by atoms with E-state index in [1.807, 2.05) is 0 Å². The Balaban J connectivity index is 1.33. The van der Waals surface area contributed by atoms with E-state index in [0.717, 1.165) is 48.5 Å². The van der Waals surface area contributed by atoms with Gasteiger partial charge in [-0.3, -0.25) is 4.90 Å². The van der Waals surface area contributed by atoms with Crippen molar-refractivity contribution in [3.8, 4) is 0 Å². The van der Waals surface area contributed by atoms with Crippen molar-refractivity contribution < 1.29 is 5.11 Å². The van der Waals surface area contributed by atoms with E-state index in [9.17, 15) is 5.11 Å². The molecule has 4 aliphatic carbocycles. The molecule has 3 saturated carbocycles. The van der Waals surface area contributed by atoms with Crippen molar-refractivity contribution in [1.29, 1.82) is 0 Å². The molecule has 0 bridgehead atoms. The Morgan fingerprint density at radius 3 is 2.76 bits per heavy atom. The second-order valence-electron chi connectivity index (χ2n) is 12.5. The zero-order chi connectivity index (χ0) is 20.1. The number of aliphatic hydroxyl groups excluding tert-OH is 1. The number of aliphatic hydroxyl groups is 1. The number of hydrogen-bond donors (Lipinski definition) is 1. The number of hydrogen-bond acceptors (Lipinski definition) is 2. The molecule has 0 aromatic carbocycles. The minimum absolute atomic E-state index is 0.0908. The van der Waals surface area contributed by atoms with E-state index in [1.165, 1.54) is 51.5 Å². The summed E-state index contributed by atoms with van der Waals surface area (Å²) in [5.41, 5.74) is 4.05. The topological polar surface area (TPSA) is 23.5 Å². The van der Waals surface area contributed by atoms with Crippen LogP contribution >= 0.6 is 0 Å². The van der Waals surface area contributed by atoms with Gasteiger partial charge >= 0.3 is 0 Å². The molecule has 0 aromatic heterocycles. The van der Waals surface area contributed by atoms with Gasteiger partial charge in [-0.1, -0.05) is 44.6 Å². The molecule has 29 heavy (non-hydrogen) atoms. The van der Waals surface area contributed by atoms with Gasteiger partial charge < -0.3 is 5.11 Å². The lowest BCUT2D eigenvalue weighted by Gasteiger charge is -2.58. The molecular formula is C27H41NO. The van der Waals surface area contributed by atoms with Crippen LogP contribution in [0.4, 0.5) is 0 Å². The first-order chi connectivity index (χ1) is 13.8. The van der Waals surface area contributed by atoms with Gasteiger partial charge in [-0.05, 0) is 92.3 Å². The number of allylic oxidation sites excluding steroid dienone is 1. The lowest BCUT2D eigenvalue weighted by atomic mass is 9.47. The van der Waals surface area contributed by atoms with Crippen molar-refractivity contribution in [1.82, 2.24) is 4.90 Å². The zero-order valence-electron chi connectivity index (χ0n) is 18.9. The van der Waals surface area contributed by atoms with Crippen LogP contribution < -0.4 is 0 Å². The van der Waals surface area contributed by atoms with Gasteiger partial charge in [0.15, 0.2) is 0 Å². The van der Waals surface area contributed by atoms with E-state index in [2.05, 4.69) is 31.7 Å². The fourth-order valence-corrected chi connectivity index (χ4v) is 9.81. The molecule has 2 saturated heterocycles. The highest BCUT2D eigenvalue weighted by Gasteiger charge is 2.65. The summed E-state index contributed by atoms with van der Waals surface area (Å²) < 4.78 is 0. The van der Waals surface area contributed by atoms with Gasteiger partial charge in [0.25, 0.3) is 0 Å². The summed E-state index contributed by atoms with van der Waals surface area (Å²) in [5.74, 6) is 4.17. The van der Waals surface area contributed by atoms with Gasteiger partial charge in [0.2, 0.25) is 0 Å². The minimum atomic E-state index is -0.0908. The van der Waals surface area contributed by atoms with Crippen LogP contribution in [0, 0.1) is 40.4 Å². The van der Waals surface area contributed by atoms with Crippen LogP contribution in [-0.4, -0.2) is 34.7 Å². The average molecular weight is 396 g/mol. The fourth-order valence-electron chi connectivity index (χ4n) is 9.81. The van der Waals surface area contributed by atoms with Gasteiger partial charge in [0.1, 0.15) is 0 Å². The minimum Gasteiger partial charge on any atom is -0.393 e. The van der Waals surface area contributed by atoms with Crippen LogP contribution in [0.5, 0.6) is 0 Å². The van der Waals surface area contributed by atoms with Crippen LogP contribution in [0.25, 0.3) is 0 Å². The van der Waals surface area contributed by atoms with Crippen molar-refractivity contribution in [2.45, 2.75) is 96.7 Å². The lowest BCUT2D eigenvalue weighted by Crippen LogP contribution is -2.50. The molecule has 10 atom stereocenters. The van der Waals surface area contributed by atoms with Crippen molar-refractivity contribution in [2.75, 3.05) is 6.54 Å². The summed E-state index contributed by atoms with van der Waals surface area (Å²) >= 11 is 0. The van der Waals surface area contributed by atoms with Crippen molar-refractivity contribution in [3.05, 3.63) is 23.8 Å². The molecule has 10 unspecified atom stereocenters. The Kier molecular flexibility index (Phi) is 4.10. The second-order valence-corrected chi connectivity index (χ2v) is 12.5. The normalized spacial score (nSPS) is 56.7. The molecule has 2 nitrogen and oxygen atoms in total. The first-order valence-corrected chi connectivity index (χ1v) is 12.6. The standard InChI is InChI=1S/C27H41NO/c1-16-5-8-23-17(2)25-24(28(23)15-16)14-22-20-7-6-18-13-19(29)9-11-26(18,3)21(20)10-12-27(22,25)4/h6,16,19-25,29H,2,5,7-15H2,1,3-4H3. The van der Waals surface area contributed by atoms with Crippen LogP contribution in [0.1, 0.15) is 78.6 Å². The maximum Gasteiger partial charge on any atom is 0.0577 e. The predicted molar refractivity (Wildman–Crippen MR) is 118 cm³/mol. The fraction of sp³-hybridized carbons (Fsp3) is 0.852. The Morgan fingerprint density at radius 2 is 1.93 bits per heavy atom. The third-order valence-corrected chi connectivity index (χ3v) is 11.2. The Labute approximate surface area is 177 Å². The smallest absolute Gasteiger partial charge is 0.0577 e. The zero-order valence-corrected chi connectivity index (χ0v) is 18.9. The Morgan fingerprint density at radius 1 is 1.10 bits per heavy atom. The molecule has 0 aromatic rings. The number of nitrogens with zero attached hydrogens (tertiary/aromatic N) is 1. The highest BCUT2D eigenvalue weighted by molar-refractivity contribution is 5.32. The predicted octanol–water partition coefficient (Wildman–Crippen LogP) is 5.58. The molecule has 6 rings (SSSR count). The van der Waals surface area contributed by atoms with E-state index in [1.54, 1.807) is 11.1 Å². The van der Waals surface area contributed by atoms with E-state index < -0.39 is 0 Å². The van der Waals surface area contributed by atoms with Crippen LogP contribution in [0.2, 0.25) is 0 Å². The summed E-state index contributed by atoms with van der Waals surface area (Å²) in [7, 11) is 0. The molecule has 160 valence electrons. The number of fused-ring (bicyclic) bond motifs is 9. The largest absolute Gasteiger partial charge is 0.393 e. The van der Waals surface area contributed by atoms with Crippen molar-refractivity contribution in [3.63, 3.8) is 0 Å². The molecule has 5 fully saturated rings. The molecule has 2 heteroatoms. The summed E-state index contributed by atoms with van der Waals surface area (Å²) in [4.78, 5) is 2.92. The first kappa shape index (κ1) is 19.1. The summed E-state index contributed by atoms with van der Waals surface area (Å²) in [6.45, 7) is 13.7. The van der Waals surface area contributed by atoms with E-state index in [0.29, 0.717) is 16.9 Å². The second kappa shape index (κ2) is 6.22.